The van der Waals surface area contributed by atoms with Crippen LogP contribution in [-0.2, 0) is 37.9 Å². The Balaban J connectivity index is 2.99. The summed E-state index contributed by atoms with van der Waals surface area (Å²) >= 11 is 0.834. The zero-order valence-corrected chi connectivity index (χ0v) is 9.76. The summed E-state index contributed by atoms with van der Waals surface area (Å²) in [6.07, 6.45) is 1.10. The molecule has 0 aliphatic carbocycles. The van der Waals surface area contributed by atoms with Gasteiger partial charge in [0.05, 0.1) is 0 Å². The molecule has 1 nitrogen and oxygen atoms in total. The molecule has 1 aromatic carbocycles. The predicted molar refractivity (Wildman–Crippen MR) is 41.2 cm³/mol. The van der Waals surface area contributed by atoms with Crippen LogP contribution in [0.5, 0.6) is 5.75 Å². The van der Waals surface area contributed by atoms with E-state index in [0.717, 1.165) is 43.6 Å². The van der Waals surface area contributed by atoms with Gasteiger partial charge in [0, 0.05) is 0 Å². The van der Waals surface area contributed by atoms with Crippen LogP contribution in [0.15, 0.2) is 18.2 Å². The minimum atomic E-state index is 0.834. The van der Waals surface area contributed by atoms with Gasteiger partial charge in [-0.3, -0.25) is 0 Å². The van der Waals surface area contributed by atoms with Crippen LogP contribution in [0, 0.1) is 6.92 Å². The van der Waals surface area contributed by atoms with Crippen molar-refractivity contribution in [2.45, 2.75) is 20.3 Å². The van der Waals surface area contributed by atoms with Gasteiger partial charge in [-0.15, -0.1) is 0 Å². The van der Waals surface area contributed by atoms with E-state index in [2.05, 4.69) is 32.0 Å². The van der Waals surface area contributed by atoms with Crippen molar-refractivity contribution in [1.82, 2.24) is 0 Å². The molecular weight excluding hydrogens is 213 g/mol. The summed E-state index contributed by atoms with van der Waals surface area (Å²) < 4.78 is 5.27. The quantitative estimate of drug-likeness (QED) is 0.749. The van der Waals surface area contributed by atoms with Crippen LogP contribution in [0.1, 0.15) is 18.1 Å². The van der Waals surface area contributed by atoms with E-state index < -0.39 is 0 Å². The van der Waals surface area contributed by atoms with Gasteiger partial charge in [-0.05, 0) is 0 Å². The summed E-state index contributed by atoms with van der Waals surface area (Å²) in [5.41, 5.74) is 2.63. The Morgan fingerprint density at radius 2 is 2.18 bits per heavy atom. The first-order valence-corrected chi connectivity index (χ1v) is 4.90. The Bertz CT molecular complexity index is 245. The average molecular weight is 224 g/mol. The van der Waals surface area contributed by atoms with Crippen LogP contribution >= 0.6 is 0 Å². The van der Waals surface area contributed by atoms with Gasteiger partial charge in [0.2, 0.25) is 0 Å². The molecule has 0 N–H and O–H groups in total. The number of hydrogen-bond donors (Lipinski definition) is 0. The Kier molecular flexibility index (Phi) is 3.54. The third-order valence-electron chi connectivity index (χ3n) is 1.77. The van der Waals surface area contributed by atoms with Crippen molar-refractivity contribution in [3.8, 4) is 5.75 Å². The topological polar surface area (TPSA) is 9.23 Å². The van der Waals surface area contributed by atoms with Crippen molar-refractivity contribution in [3.63, 3.8) is 0 Å². The molecule has 11 heavy (non-hydrogen) atoms. The van der Waals surface area contributed by atoms with Gasteiger partial charge in [0.15, 0.2) is 0 Å². The Labute approximate surface area is 88.4 Å². The summed E-state index contributed by atoms with van der Waals surface area (Å²) in [5, 5.41) is 0. The summed E-state index contributed by atoms with van der Waals surface area (Å²) in [6, 6.07) is 6.36. The normalized spacial score (nSPS) is 9.55. The molecule has 0 amide bonds. The van der Waals surface area contributed by atoms with Gasteiger partial charge >= 0.3 is 88.9 Å². The van der Waals surface area contributed by atoms with Crippen LogP contribution < -0.4 is 2.05 Å². The summed E-state index contributed by atoms with van der Waals surface area (Å²) in [5.74, 6) is 1.03. The zero-order chi connectivity index (χ0) is 8.27. The van der Waals surface area contributed by atoms with Crippen molar-refractivity contribution in [1.29, 1.82) is 0 Å². The van der Waals surface area contributed by atoms with Crippen molar-refractivity contribution >= 4 is 0 Å². The fourth-order valence-corrected chi connectivity index (χ4v) is 1.71. The molecular formula is C9H11OY. The molecule has 2 heteroatoms. The molecule has 0 heterocycles. The molecule has 56 valence electrons. The average Bonchev–Trinajstić information content (AvgIpc) is 2.04. The number of benzene rings is 1. The van der Waals surface area contributed by atoms with Gasteiger partial charge in [0.1, 0.15) is 0 Å². The van der Waals surface area contributed by atoms with Gasteiger partial charge in [0.25, 0.3) is 0 Å². The van der Waals surface area contributed by atoms with Gasteiger partial charge in [-0.1, -0.05) is 0 Å². The Hall–Kier alpha value is 0.124. The molecule has 1 rings (SSSR count). The van der Waals surface area contributed by atoms with E-state index in [-0.39, 0.29) is 0 Å². The Morgan fingerprint density at radius 3 is 2.64 bits per heavy atom. The van der Waals surface area contributed by atoms with Gasteiger partial charge in [-0.2, -0.15) is 0 Å². The molecule has 0 fully saturated rings. The van der Waals surface area contributed by atoms with E-state index in [0.29, 0.717) is 0 Å². The standard InChI is InChI=1S/C9H12O.Y/c1-3-8-4-5-9(10)7(2)6-8;/h4-6,10H,3H2,1-2H3;/q;+1/p-1. The van der Waals surface area contributed by atoms with Crippen LogP contribution in [0.2, 0.25) is 0 Å². The van der Waals surface area contributed by atoms with E-state index in [9.17, 15) is 0 Å². The number of hydrogen-bond acceptors (Lipinski definition) is 1. The molecule has 0 saturated heterocycles. The van der Waals surface area contributed by atoms with E-state index >= 15 is 0 Å². The second-order valence-electron chi connectivity index (χ2n) is 2.57. The second-order valence-corrected chi connectivity index (χ2v) is 3.15. The maximum atomic E-state index is 5.27. The van der Waals surface area contributed by atoms with Crippen LogP contribution in [0.4, 0.5) is 0 Å². The van der Waals surface area contributed by atoms with Crippen molar-refractivity contribution in [2.75, 3.05) is 0 Å². The SMILES string of the molecule is CCc1ccc([O][Y])c(C)c1. The monoisotopic (exact) mass is 224 g/mol. The van der Waals surface area contributed by atoms with E-state index in [4.69, 9.17) is 2.05 Å². The molecule has 0 saturated carbocycles. The summed E-state index contributed by atoms with van der Waals surface area (Å²) in [4.78, 5) is 0. The minimum absolute atomic E-state index is 0.834. The first kappa shape index (κ1) is 9.21. The third kappa shape index (κ3) is 2.28. The summed E-state index contributed by atoms with van der Waals surface area (Å²) in [7, 11) is 0. The first-order valence-electron chi connectivity index (χ1n) is 3.74. The van der Waals surface area contributed by atoms with Crippen LogP contribution in [-0.4, -0.2) is 0 Å². The fraction of sp³-hybridized carbons (Fsp3) is 0.333. The fourth-order valence-electron chi connectivity index (χ4n) is 1.06. The first-order chi connectivity index (χ1) is 5.27. The van der Waals surface area contributed by atoms with Crippen molar-refractivity contribution in [3.05, 3.63) is 29.3 Å². The van der Waals surface area contributed by atoms with Crippen molar-refractivity contribution in [2.24, 2.45) is 0 Å². The Morgan fingerprint density at radius 1 is 1.45 bits per heavy atom. The van der Waals surface area contributed by atoms with Gasteiger partial charge < -0.3 is 0 Å². The van der Waals surface area contributed by atoms with E-state index in [1.807, 2.05) is 0 Å². The third-order valence-corrected chi connectivity index (χ3v) is 2.40. The van der Waals surface area contributed by atoms with E-state index in [1.54, 1.807) is 0 Å². The molecule has 0 unspecified atom stereocenters. The molecule has 0 aromatic heterocycles. The van der Waals surface area contributed by atoms with Crippen LogP contribution in [0.25, 0.3) is 0 Å². The molecule has 0 atom stereocenters. The maximum absolute atomic E-state index is 5.27. The zero-order valence-electron chi connectivity index (χ0n) is 6.92. The number of aryl methyl sites for hydroxylation is 2. The predicted octanol–water partition coefficient (Wildman–Crippen LogP) is 2.40. The van der Waals surface area contributed by atoms with Gasteiger partial charge in [-0.25, -0.2) is 0 Å². The summed E-state index contributed by atoms with van der Waals surface area (Å²) in [6.45, 7) is 4.25. The molecule has 0 radical (unpaired) electrons. The molecule has 0 aliphatic heterocycles. The molecule has 0 aliphatic rings. The van der Waals surface area contributed by atoms with E-state index in [1.165, 1.54) is 11.1 Å². The molecule has 0 bridgehead atoms. The molecule has 1 aromatic rings. The second kappa shape index (κ2) is 4.22. The van der Waals surface area contributed by atoms with Crippen molar-refractivity contribution < 1.29 is 33.5 Å². The van der Waals surface area contributed by atoms with Crippen LogP contribution in [0.3, 0.4) is 0 Å². The molecule has 0 spiro atoms. The number of rotatable bonds is 2.